The van der Waals surface area contributed by atoms with E-state index in [1.807, 2.05) is 18.2 Å². The standard InChI is InChI=1S/C14H12ClNO2/c1-9-7-13(17)11(8-12(9)15)14(16-18)10-5-3-2-4-6-10/h2-8,17-18H,1H3/b16-14+. The van der Waals surface area contributed by atoms with Gasteiger partial charge in [-0.15, -0.1) is 0 Å². The minimum atomic E-state index is 0.0357. The van der Waals surface area contributed by atoms with Gasteiger partial charge in [-0.1, -0.05) is 47.1 Å². The number of aromatic hydroxyl groups is 1. The molecule has 0 saturated heterocycles. The lowest BCUT2D eigenvalue weighted by molar-refractivity contribution is 0.319. The van der Waals surface area contributed by atoms with E-state index in [1.165, 1.54) is 0 Å². The van der Waals surface area contributed by atoms with E-state index in [4.69, 9.17) is 16.8 Å². The van der Waals surface area contributed by atoms with Gasteiger partial charge in [-0.25, -0.2) is 0 Å². The summed E-state index contributed by atoms with van der Waals surface area (Å²) in [7, 11) is 0. The number of phenols is 1. The van der Waals surface area contributed by atoms with Crippen molar-refractivity contribution in [2.24, 2.45) is 5.16 Å². The average molecular weight is 262 g/mol. The number of aryl methyl sites for hydroxylation is 1. The molecule has 2 aromatic carbocycles. The molecule has 0 atom stereocenters. The summed E-state index contributed by atoms with van der Waals surface area (Å²) >= 11 is 6.03. The van der Waals surface area contributed by atoms with E-state index in [0.717, 1.165) is 5.56 Å². The van der Waals surface area contributed by atoms with Gasteiger partial charge in [0.05, 0.1) is 0 Å². The molecule has 0 aliphatic carbocycles. The number of oxime groups is 1. The first-order valence-electron chi connectivity index (χ1n) is 5.40. The van der Waals surface area contributed by atoms with E-state index in [2.05, 4.69) is 5.16 Å². The zero-order valence-corrected chi connectivity index (χ0v) is 10.5. The molecule has 0 amide bonds. The predicted molar refractivity (Wildman–Crippen MR) is 71.7 cm³/mol. The molecule has 18 heavy (non-hydrogen) atoms. The quantitative estimate of drug-likeness (QED) is 0.493. The number of phenolic OH excluding ortho intramolecular Hbond substituents is 1. The molecule has 4 heteroatoms. The van der Waals surface area contributed by atoms with Crippen molar-refractivity contribution in [1.29, 1.82) is 0 Å². The van der Waals surface area contributed by atoms with Crippen molar-refractivity contribution in [2.75, 3.05) is 0 Å². The SMILES string of the molecule is Cc1cc(O)c(/C(=N/O)c2ccccc2)cc1Cl. The number of benzene rings is 2. The minimum Gasteiger partial charge on any atom is -0.507 e. The van der Waals surface area contributed by atoms with Gasteiger partial charge in [0.2, 0.25) is 0 Å². The van der Waals surface area contributed by atoms with E-state index in [9.17, 15) is 5.11 Å². The second-order valence-electron chi connectivity index (χ2n) is 3.93. The van der Waals surface area contributed by atoms with Crippen LogP contribution in [0.25, 0.3) is 0 Å². The minimum absolute atomic E-state index is 0.0357. The maximum Gasteiger partial charge on any atom is 0.125 e. The smallest absolute Gasteiger partial charge is 0.125 e. The zero-order chi connectivity index (χ0) is 13.1. The van der Waals surface area contributed by atoms with Crippen LogP contribution in [0.5, 0.6) is 5.75 Å². The van der Waals surface area contributed by atoms with Gasteiger partial charge < -0.3 is 10.3 Å². The molecule has 0 radical (unpaired) electrons. The van der Waals surface area contributed by atoms with E-state index in [-0.39, 0.29) is 11.5 Å². The van der Waals surface area contributed by atoms with Crippen LogP contribution in [0.3, 0.4) is 0 Å². The monoisotopic (exact) mass is 261 g/mol. The van der Waals surface area contributed by atoms with Crippen molar-refractivity contribution in [3.63, 3.8) is 0 Å². The first-order valence-corrected chi connectivity index (χ1v) is 5.78. The summed E-state index contributed by atoms with van der Waals surface area (Å²) in [4.78, 5) is 0. The third kappa shape index (κ3) is 2.31. The van der Waals surface area contributed by atoms with Crippen LogP contribution in [0, 0.1) is 6.92 Å². The molecule has 2 rings (SSSR count). The van der Waals surface area contributed by atoms with E-state index in [1.54, 1.807) is 31.2 Å². The van der Waals surface area contributed by atoms with E-state index >= 15 is 0 Å². The Hall–Kier alpha value is -2.00. The fraction of sp³-hybridized carbons (Fsp3) is 0.0714. The topological polar surface area (TPSA) is 52.8 Å². The highest BCUT2D eigenvalue weighted by atomic mass is 35.5. The summed E-state index contributed by atoms with van der Waals surface area (Å²) in [5, 5.41) is 22.9. The number of hydrogen-bond acceptors (Lipinski definition) is 3. The Morgan fingerprint density at radius 3 is 2.44 bits per heavy atom. The normalized spacial score (nSPS) is 11.6. The second-order valence-corrected chi connectivity index (χ2v) is 4.34. The van der Waals surface area contributed by atoms with Crippen molar-refractivity contribution in [2.45, 2.75) is 6.92 Å². The van der Waals surface area contributed by atoms with Crippen LogP contribution in [0.4, 0.5) is 0 Å². The summed E-state index contributed by atoms with van der Waals surface area (Å²) in [6, 6.07) is 12.2. The van der Waals surface area contributed by atoms with Crippen LogP contribution in [0.15, 0.2) is 47.6 Å². The molecular weight excluding hydrogens is 250 g/mol. The largest absolute Gasteiger partial charge is 0.507 e. The first-order chi connectivity index (χ1) is 8.63. The second kappa shape index (κ2) is 5.10. The van der Waals surface area contributed by atoms with Crippen LogP contribution in [0.1, 0.15) is 16.7 Å². The fourth-order valence-electron chi connectivity index (χ4n) is 1.72. The van der Waals surface area contributed by atoms with Crippen molar-refractivity contribution in [3.8, 4) is 5.75 Å². The van der Waals surface area contributed by atoms with Gasteiger partial charge >= 0.3 is 0 Å². The summed E-state index contributed by atoms with van der Waals surface area (Å²) < 4.78 is 0. The molecule has 0 aliphatic rings. The number of rotatable bonds is 2. The summed E-state index contributed by atoms with van der Waals surface area (Å²) in [5.41, 5.74) is 2.16. The highest BCUT2D eigenvalue weighted by Crippen LogP contribution is 2.27. The van der Waals surface area contributed by atoms with E-state index in [0.29, 0.717) is 16.1 Å². The molecule has 0 heterocycles. The van der Waals surface area contributed by atoms with Gasteiger partial charge in [0.25, 0.3) is 0 Å². The molecule has 2 N–H and O–H groups in total. The summed E-state index contributed by atoms with van der Waals surface area (Å²) in [6.45, 7) is 1.80. The Balaban J connectivity index is 2.57. The van der Waals surface area contributed by atoms with Gasteiger partial charge in [0, 0.05) is 16.1 Å². The summed E-state index contributed by atoms with van der Waals surface area (Å²) in [6.07, 6.45) is 0. The fourth-order valence-corrected chi connectivity index (χ4v) is 1.88. The number of halogens is 1. The van der Waals surface area contributed by atoms with Crippen LogP contribution in [0.2, 0.25) is 5.02 Å². The first kappa shape index (κ1) is 12.5. The predicted octanol–water partition coefficient (Wildman–Crippen LogP) is 3.58. The molecule has 0 fully saturated rings. The average Bonchev–Trinajstić information content (AvgIpc) is 2.38. The van der Waals surface area contributed by atoms with Gasteiger partial charge in [-0.2, -0.15) is 0 Å². The highest BCUT2D eigenvalue weighted by Gasteiger charge is 2.14. The lowest BCUT2D eigenvalue weighted by Crippen LogP contribution is -2.04. The van der Waals surface area contributed by atoms with Gasteiger partial charge in [0.15, 0.2) is 0 Å². The Bertz CT molecular complexity index is 594. The lowest BCUT2D eigenvalue weighted by Gasteiger charge is -2.09. The van der Waals surface area contributed by atoms with Crippen molar-refractivity contribution < 1.29 is 10.3 Å². The maximum atomic E-state index is 9.93. The van der Waals surface area contributed by atoms with Gasteiger partial charge in [0.1, 0.15) is 11.5 Å². The third-order valence-electron chi connectivity index (χ3n) is 2.68. The highest BCUT2D eigenvalue weighted by molar-refractivity contribution is 6.32. The third-order valence-corrected chi connectivity index (χ3v) is 3.09. The molecule has 92 valence electrons. The Labute approximate surface area is 110 Å². The number of hydrogen-bond donors (Lipinski definition) is 2. The van der Waals surface area contributed by atoms with Crippen molar-refractivity contribution in [3.05, 3.63) is 64.2 Å². The number of nitrogens with zero attached hydrogens (tertiary/aromatic N) is 1. The van der Waals surface area contributed by atoms with Crippen molar-refractivity contribution >= 4 is 17.3 Å². The van der Waals surface area contributed by atoms with Crippen LogP contribution < -0.4 is 0 Å². The molecule has 0 spiro atoms. The van der Waals surface area contributed by atoms with Gasteiger partial charge in [-0.05, 0) is 24.6 Å². The maximum absolute atomic E-state index is 9.93. The Kier molecular flexibility index (Phi) is 3.53. The van der Waals surface area contributed by atoms with Crippen LogP contribution in [-0.4, -0.2) is 16.0 Å². The summed E-state index contributed by atoms with van der Waals surface area (Å²) in [5.74, 6) is 0.0357. The van der Waals surface area contributed by atoms with Crippen LogP contribution >= 0.6 is 11.6 Å². The van der Waals surface area contributed by atoms with Crippen LogP contribution in [-0.2, 0) is 0 Å². The Morgan fingerprint density at radius 2 is 1.83 bits per heavy atom. The Morgan fingerprint density at radius 1 is 1.17 bits per heavy atom. The molecule has 2 aromatic rings. The molecule has 0 saturated carbocycles. The molecule has 0 unspecified atom stereocenters. The molecule has 0 aliphatic heterocycles. The molecular formula is C14H12ClNO2. The zero-order valence-electron chi connectivity index (χ0n) is 9.76. The van der Waals surface area contributed by atoms with E-state index < -0.39 is 0 Å². The molecule has 0 aromatic heterocycles. The molecule has 0 bridgehead atoms. The molecule has 3 nitrogen and oxygen atoms in total. The van der Waals surface area contributed by atoms with Gasteiger partial charge in [-0.3, -0.25) is 0 Å². The lowest BCUT2D eigenvalue weighted by atomic mass is 10.0. The van der Waals surface area contributed by atoms with Crippen molar-refractivity contribution in [1.82, 2.24) is 0 Å².